The summed E-state index contributed by atoms with van der Waals surface area (Å²) in [7, 11) is 1.62. The Labute approximate surface area is 132 Å². The Morgan fingerprint density at radius 2 is 1.73 bits per heavy atom. The van der Waals surface area contributed by atoms with Crippen LogP contribution < -0.4 is 10.1 Å². The number of para-hydroxylation sites is 1. The van der Waals surface area contributed by atoms with E-state index in [4.69, 9.17) is 4.74 Å². The van der Waals surface area contributed by atoms with E-state index >= 15 is 0 Å². The Morgan fingerprint density at radius 3 is 2.32 bits per heavy atom. The second kappa shape index (κ2) is 6.65. The van der Waals surface area contributed by atoms with Crippen molar-refractivity contribution < 1.29 is 9.53 Å². The van der Waals surface area contributed by atoms with Gasteiger partial charge >= 0.3 is 0 Å². The lowest BCUT2D eigenvalue weighted by Crippen LogP contribution is -2.35. The van der Waals surface area contributed by atoms with Crippen LogP contribution >= 0.6 is 0 Å². The number of benzene rings is 2. The normalized spacial score (nSPS) is 11.1. The lowest BCUT2D eigenvalue weighted by molar-refractivity contribution is -0.120. The highest BCUT2D eigenvalue weighted by Crippen LogP contribution is 2.32. The van der Waals surface area contributed by atoms with Crippen molar-refractivity contribution in [1.82, 2.24) is 0 Å². The molecule has 0 aliphatic carbocycles. The third-order valence-corrected chi connectivity index (χ3v) is 3.97. The van der Waals surface area contributed by atoms with Crippen LogP contribution in [0.5, 0.6) is 5.75 Å². The maximum atomic E-state index is 12.7. The lowest BCUT2D eigenvalue weighted by Gasteiger charge is -2.26. The Balaban J connectivity index is 2.22. The van der Waals surface area contributed by atoms with Crippen LogP contribution in [0.2, 0.25) is 0 Å². The first-order valence-corrected chi connectivity index (χ1v) is 7.53. The number of anilines is 1. The second-order valence-corrected chi connectivity index (χ2v) is 5.83. The number of ether oxygens (including phenoxy) is 1. The zero-order valence-corrected chi connectivity index (χ0v) is 13.6. The van der Waals surface area contributed by atoms with Crippen molar-refractivity contribution in [1.29, 1.82) is 0 Å². The van der Waals surface area contributed by atoms with Gasteiger partial charge in [-0.25, -0.2) is 0 Å². The van der Waals surface area contributed by atoms with Crippen molar-refractivity contribution in [2.24, 2.45) is 0 Å². The fourth-order valence-electron chi connectivity index (χ4n) is 2.39. The molecule has 1 amide bonds. The second-order valence-electron chi connectivity index (χ2n) is 5.83. The summed E-state index contributed by atoms with van der Waals surface area (Å²) in [6.45, 7) is 5.92. The van der Waals surface area contributed by atoms with E-state index in [-0.39, 0.29) is 5.91 Å². The zero-order chi connectivity index (χ0) is 16.2. The quantitative estimate of drug-likeness (QED) is 0.899. The van der Waals surface area contributed by atoms with Crippen molar-refractivity contribution >= 4 is 11.6 Å². The van der Waals surface area contributed by atoms with Crippen LogP contribution in [0, 0.1) is 0 Å². The molecule has 2 rings (SSSR count). The molecule has 0 unspecified atom stereocenters. The topological polar surface area (TPSA) is 38.3 Å². The summed E-state index contributed by atoms with van der Waals surface area (Å²) in [5.74, 6) is 0.672. The summed E-state index contributed by atoms with van der Waals surface area (Å²) in [5.41, 5.74) is 2.25. The molecule has 0 atom stereocenters. The van der Waals surface area contributed by atoms with Crippen LogP contribution in [0.25, 0.3) is 0 Å². The van der Waals surface area contributed by atoms with Gasteiger partial charge in [0.15, 0.2) is 0 Å². The number of methoxy groups -OCH3 is 1. The van der Waals surface area contributed by atoms with Crippen molar-refractivity contribution in [2.45, 2.75) is 32.6 Å². The number of amides is 1. The van der Waals surface area contributed by atoms with Crippen LogP contribution in [0.1, 0.15) is 31.9 Å². The molecule has 0 aliphatic rings. The zero-order valence-electron chi connectivity index (χ0n) is 13.6. The van der Waals surface area contributed by atoms with E-state index in [1.807, 2.05) is 62.4 Å². The predicted molar refractivity (Wildman–Crippen MR) is 90.5 cm³/mol. The third-order valence-electron chi connectivity index (χ3n) is 3.97. The first kappa shape index (κ1) is 16.1. The Kier molecular flexibility index (Phi) is 4.86. The highest BCUT2D eigenvalue weighted by molar-refractivity contribution is 5.99. The summed E-state index contributed by atoms with van der Waals surface area (Å²) in [5, 5.41) is 2.99. The molecule has 3 nitrogen and oxygen atoms in total. The summed E-state index contributed by atoms with van der Waals surface area (Å²) < 4.78 is 5.38. The summed E-state index contributed by atoms with van der Waals surface area (Å²) in [4.78, 5) is 12.7. The molecule has 1 N–H and O–H groups in total. The van der Waals surface area contributed by atoms with E-state index in [2.05, 4.69) is 12.2 Å². The number of hydrogen-bond donors (Lipinski definition) is 1. The first-order chi connectivity index (χ1) is 10.5. The molecular formula is C19H23NO2. The molecule has 0 saturated carbocycles. The van der Waals surface area contributed by atoms with E-state index in [1.54, 1.807) is 7.11 Å². The van der Waals surface area contributed by atoms with Gasteiger partial charge in [-0.15, -0.1) is 0 Å². The van der Waals surface area contributed by atoms with Gasteiger partial charge in [0.2, 0.25) is 5.91 Å². The smallest absolute Gasteiger partial charge is 0.234 e. The maximum absolute atomic E-state index is 12.7. The van der Waals surface area contributed by atoms with Crippen molar-refractivity contribution in [3.05, 3.63) is 59.7 Å². The minimum atomic E-state index is -0.684. The molecule has 0 spiro atoms. The van der Waals surface area contributed by atoms with E-state index < -0.39 is 5.41 Å². The molecule has 0 aromatic heterocycles. The highest BCUT2D eigenvalue weighted by Gasteiger charge is 2.32. The molecule has 0 radical (unpaired) electrons. The highest BCUT2D eigenvalue weighted by atomic mass is 16.5. The van der Waals surface area contributed by atoms with Crippen LogP contribution in [0.3, 0.4) is 0 Å². The molecule has 0 aliphatic heterocycles. The first-order valence-electron chi connectivity index (χ1n) is 7.53. The minimum Gasteiger partial charge on any atom is -0.496 e. The van der Waals surface area contributed by atoms with Gasteiger partial charge in [0.25, 0.3) is 0 Å². The van der Waals surface area contributed by atoms with Crippen LogP contribution in [0.4, 0.5) is 5.69 Å². The number of carbonyl (C=O) groups is 1. The Hall–Kier alpha value is -2.29. The van der Waals surface area contributed by atoms with E-state index in [0.29, 0.717) is 0 Å². The molecule has 0 fully saturated rings. The SMILES string of the molecule is CCc1ccc(NC(=O)C(C)(C)c2ccccc2OC)cc1. The van der Waals surface area contributed by atoms with Gasteiger partial charge in [-0.05, 0) is 44.0 Å². The largest absolute Gasteiger partial charge is 0.496 e. The average molecular weight is 297 g/mol. The Bertz CT molecular complexity index is 645. The van der Waals surface area contributed by atoms with Crippen molar-refractivity contribution in [3.63, 3.8) is 0 Å². The van der Waals surface area contributed by atoms with Crippen LogP contribution in [-0.2, 0) is 16.6 Å². The molecular weight excluding hydrogens is 274 g/mol. The number of rotatable bonds is 5. The Morgan fingerprint density at radius 1 is 1.09 bits per heavy atom. The summed E-state index contributed by atoms with van der Waals surface area (Å²) in [6.07, 6.45) is 0.987. The summed E-state index contributed by atoms with van der Waals surface area (Å²) in [6, 6.07) is 15.6. The van der Waals surface area contributed by atoms with E-state index in [1.165, 1.54) is 5.56 Å². The minimum absolute atomic E-state index is 0.0544. The molecule has 0 saturated heterocycles. The van der Waals surface area contributed by atoms with Gasteiger partial charge in [0.05, 0.1) is 12.5 Å². The maximum Gasteiger partial charge on any atom is 0.234 e. The summed E-state index contributed by atoms with van der Waals surface area (Å²) >= 11 is 0. The molecule has 116 valence electrons. The molecule has 2 aromatic carbocycles. The molecule has 0 heterocycles. The monoisotopic (exact) mass is 297 g/mol. The predicted octanol–water partition coefficient (Wildman–Crippen LogP) is 4.17. The van der Waals surface area contributed by atoms with Gasteiger partial charge in [0.1, 0.15) is 5.75 Å². The van der Waals surface area contributed by atoms with Crippen molar-refractivity contribution in [2.75, 3.05) is 12.4 Å². The van der Waals surface area contributed by atoms with Gasteiger partial charge in [-0.1, -0.05) is 37.3 Å². The van der Waals surface area contributed by atoms with E-state index in [9.17, 15) is 4.79 Å². The fraction of sp³-hybridized carbons (Fsp3) is 0.316. The van der Waals surface area contributed by atoms with Crippen molar-refractivity contribution in [3.8, 4) is 5.75 Å². The van der Waals surface area contributed by atoms with Gasteiger partial charge in [-0.2, -0.15) is 0 Å². The van der Waals surface area contributed by atoms with Gasteiger partial charge in [-0.3, -0.25) is 4.79 Å². The number of nitrogens with one attached hydrogen (secondary N) is 1. The van der Waals surface area contributed by atoms with Gasteiger partial charge < -0.3 is 10.1 Å². The molecule has 2 aromatic rings. The van der Waals surface area contributed by atoms with Crippen LogP contribution in [-0.4, -0.2) is 13.0 Å². The number of aryl methyl sites for hydroxylation is 1. The standard InChI is InChI=1S/C19H23NO2/c1-5-14-10-12-15(13-11-14)20-18(21)19(2,3)16-8-6-7-9-17(16)22-4/h6-13H,5H2,1-4H3,(H,20,21). The number of hydrogen-bond acceptors (Lipinski definition) is 2. The average Bonchev–Trinajstić information content (AvgIpc) is 2.55. The van der Waals surface area contributed by atoms with E-state index in [0.717, 1.165) is 23.4 Å². The van der Waals surface area contributed by atoms with Gasteiger partial charge in [0, 0.05) is 11.3 Å². The molecule has 3 heteroatoms. The lowest BCUT2D eigenvalue weighted by atomic mass is 9.83. The molecule has 22 heavy (non-hydrogen) atoms. The number of carbonyl (C=O) groups excluding carboxylic acids is 1. The fourth-order valence-corrected chi connectivity index (χ4v) is 2.39. The van der Waals surface area contributed by atoms with Crippen LogP contribution in [0.15, 0.2) is 48.5 Å². The third kappa shape index (κ3) is 3.30. The molecule has 0 bridgehead atoms.